The fraction of sp³-hybridized carbons (Fsp3) is 0.0909. The van der Waals surface area contributed by atoms with Crippen LogP contribution in [0.15, 0.2) is 30.6 Å². The number of hydrogen-bond donors (Lipinski definition) is 1. The molecule has 2 heterocycles. The van der Waals surface area contributed by atoms with Gasteiger partial charge in [-0.2, -0.15) is 0 Å². The van der Waals surface area contributed by atoms with Gasteiger partial charge in [-0.3, -0.25) is 9.97 Å². The quantitative estimate of drug-likeness (QED) is 0.772. The summed E-state index contributed by atoms with van der Waals surface area (Å²) in [4.78, 5) is 8.02. The van der Waals surface area contributed by atoms with Gasteiger partial charge in [0.15, 0.2) is 0 Å². The lowest BCUT2D eigenvalue weighted by Gasteiger charge is -2.06. The molecule has 2 N–H and O–H groups in total. The second-order valence-electron chi connectivity index (χ2n) is 3.22. The van der Waals surface area contributed by atoms with Crippen molar-refractivity contribution < 1.29 is 4.39 Å². The summed E-state index contributed by atoms with van der Waals surface area (Å²) in [6.45, 7) is 1.82. The molecular formula is C11H10FN3. The Hall–Kier alpha value is -1.97. The highest BCUT2D eigenvalue weighted by atomic mass is 19.1. The van der Waals surface area contributed by atoms with E-state index in [1.807, 2.05) is 6.92 Å². The molecule has 0 bridgehead atoms. The number of halogens is 1. The highest BCUT2D eigenvalue weighted by Crippen LogP contribution is 2.24. The van der Waals surface area contributed by atoms with Crippen LogP contribution in [0.5, 0.6) is 0 Å². The number of rotatable bonds is 1. The van der Waals surface area contributed by atoms with Gasteiger partial charge in [0.05, 0.1) is 23.3 Å². The number of nitrogen functional groups attached to an aromatic ring is 1. The van der Waals surface area contributed by atoms with E-state index in [2.05, 4.69) is 9.97 Å². The summed E-state index contributed by atoms with van der Waals surface area (Å²) in [6, 6.07) is 4.72. The summed E-state index contributed by atoms with van der Waals surface area (Å²) in [7, 11) is 0. The molecule has 2 aromatic heterocycles. The van der Waals surface area contributed by atoms with Crippen molar-refractivity contribution in [2.24, 2.45) is 0 Å². The van der Waals surface area contributed by atoms with Crippen molar-refractivity contribution in [3.05, 3.63) is 42.1 Å². The molecule has 2 aromatic rings. The normalized spacial score (nSPS) is 10.3. The number of pyridine rings is 2. The first-order valence-corrected chi connectivity index (χ1v) is 4.51. The van der Waals surface area contributed by atoms with E-state index in [9.17, 15) is 4.39 Å². The molecule has 0 saturated carbocycles. The van der Waals surface area contributed by atoms with Gasteiger partial charge in [-0.05, 0) is 25.1 Å². The molecule has 0 unspecified atom stereocenters. The number of aromatic nitrogens is 2. The maximum atomic E-state index is 12.7. The maximum absolute atomic E-state index is 12.7. The summed E-state index contributed by atoms with van der Waals surface area (Å²) in [5.41, 5.74) is 8.62. The Bertz CT molecular complexity index is 480. The van der Waals surface area contributed by atoms with Gasteiger partial charge >= 0.3 is 0 Å². The van der Waals surface area contributed by atoms with Gasteiger partial charge in [0.2, 0.25) is 0 Å². The largest absolute Gasteiger partial charge is 0.397 e. The van der Waals surface area contributed by atoms with Gasteiger partial charge in [-0.1, -0.05) is 0 Å². The molecule has 4 heteroatoms. The van der Waals surface area contributed by atoms with Gasteiger partial charge in [0.1, 0.15) is 5.82 Å². The molecule has 0 fully saturated rings. The first kappa shape index (κ1) is 9.58. The minimum Gasteiger partial charge on any atom is -0.397 e. The zero-order valence-electron chi connectivity index (χ0n) is 8.24. The van der Waals surface area contributed by atoms with Crippen molar-refractivity contribution >= 4 is 5.69 Å². The van der Waals surface area contributed by atoms with E-state index in [1.54, 1.807) is 18.3 Å². The van der Waals surface area contributed by atoms with Crippen LogP contribution in [0.3, 0.4) is 0 Å². The highest BCUT2D eigenvalue weighted by molar-refractivity contribution is 5.74. The monoisotopic (exact) mass is 203 g/mol. The van der Waals surface area contributed by atoms with Crippen LogP contribution in [0.2, 0.25) is 0 Å². The van der Waals surface area contributed by atoms with E-state index >= 15 is 0 Å². The molecular weight excluding hydrogens is 193 g/mol. The van der Waals surface area contributed by atoms with Gasteiger partial charge in [-0.25, -0.2) is 4.39 Å². The first-order chi connectivity index (χ1) is 7.18. The molecule has 0 atom stereocenters. The van der Waals surface area contributed by atoms with Crippen molar-refractivity contribution in [2.45, 2.75) is 6.92 Å². The van der Waals surface area contributed by atoms with Gasteiger partial charge < -0.3 is 5.73 Å². The van der Waals surface area contributed by atoms with E-state index in [0.29, 0.717) is 11.4 Å². The fourth-order valence-electron chi connectivity index (χ4n) is 1.34. The summed E-state index contributed by atoms with van der Waals surface area (Å²) in [5, 5.41) is 0. The van der Waals surface area contributed by atoms with Crippen molar-refractivity contribution in [3.63, 3.8) is 0 Å². The average Bonchev–Trinajstić information content (AvgIpc) is 2.24. The third-order valence-electron chi connectivity index (χ3n) is 2.19. The summed E-state index contributed by atoms with van der Waals surface area (Å²) in [6.07, 6.45) is 2.83. The van der Waals surface area contributed by atoms with E-state index < -0.39 is 0 Å². The van der Waals surface area contributed by atoms with Crippen LogP contribution in [0.4, 0.5) is 10.1 Å². The zero-order chi connectivity index (χ0) is 10.8. The van der Waals surface area contributed by atoms with Crippen LogP contribution in [-0.2, 0) is 0 Å². The fourth-order valence-corrected chi connectivity index (χ4v) is 1.34. The number of nitrogens with zero attached hydrogens (tertiary/aromatic N) is 2. The van der Waals surface area contributed by atoms with Gasteiger partial charge in [0.25, 0.3) is 0 Å². The van der Waals surface area contributed by atoms with Crippen molar-refractivity contribution in [3.8, 4) is 11.3 Å². The van der Waals surface area contributed by atoms with Gasteiger partial charge in [0, 0.05) is 11.8 Å². The van der Waals surface area contributed by atoms with Crippen molar-refractivity contribution in [2.75, 3.05) is 5.73 Å². The molecule has 15 heavy (non-hydrogen) atoms. The van der Waals surface area contributed by atoms with E-state index in [0.717, 1.165) is 11.3 Å². The van der Waals surface area contributed by atoms with E-state index in [1.165, 1.54) is 12.3 Å². The Morgan fingerprint density at radius 3 is 2.67 bits per heavy atom. The standard InChI is InChI=1S/C11H10FN3/c1-7-11(13)9(4-5-14-7)10-3-2-8(12)6-15-10/h2-6H,13H2,1H3. The van der Waals surface area contributed by atoms with E-state index in [4.69, 9.17) is 5.73 Å². The Balaban J connectivity index is 2.54. The summed E-state index contributed by atoms with van der Waals surface area (Å²) in [5.74, 6) is -0.358. The lowest BCUT2D eigenvalue weighted by atomic mass is 10.1. The minimum atomic E-state index is -0.358. The second kappa shape index (κ2) is 3.65. The molecule has 0 amide bonds. The topological polar surface area (TPSA) is 51.8 Å². The SMILES string of the molecule is Cc1nccc(-c2ccc(F)cn2)c1N. The average molecular weight is 203 g/mol. The zero-order valence-corrected chi connectivity index (χ0v) is 8.24. The molecule has 3 nitrogen and oxygen atoms in total. The van der Waals surface area contributed by atoms with E-state index in [-0.39, 0.29) is 5.82 Å². The lowest BCUT2D eigenvalue weighted by molar-refractivity contribution is 0.622. The van der Waals surface area contributed by atoms with Crippen molar-refractivity contribution in [1.82, 2.24) is 9.97 Å². The number of hydrogen-bond acceptors (Lipinski definition) is 3. The molecule has 76 valence electrons. The number of nitrogens with two attached hydrogens (primary N) is 1. The Kier molecular flexibility index (Phi) is 2.33. The summed E-state index contributed by atoms with van der Waals surface area (Å²) < 4.78 is 12.7. The van der Waals surface area contributed by atoms with Crippen LogP contribution >= 0.6 is 0 Å². The maximum Gasteiger partial charge on any atom is 0.141 e. The van der Waals surface area contributed by atoms with Crippen LogP contribution in [-0.4, -0.2) is 9.97 Å². The number of anilines is 1. The van der Waals surface area contributed by atoms with Crippen molar-refractivity contribution in [1.29, 1.82) is 0 Å². The molecule has 0 aromatic carbocycles. The Morgan fingerprint density at radius 2 is 2.00 bits per heavy atom. The predicted molar refractivity (Wildman–Crippen MR) is 56.6 cm³/mol. The highest BCUT2D eigenvalue weighted by Gasteiger charge is 2.06. The predicted octanol–water partition coefficient (Wildman–Crippen LogP) is 2.17. The third kappa shape index (κ3) is 1.79. The smallest absolute Gasteiger partial charge is 0.141 e. The number of aryl methyl sites for hydroxylation is 1. The van der Waals surface area contributed by atoms with Crippen LogP contribution in [0, 0.1) is 12.7 Å². The van der Waals surface area contributed by atoms with Crippen LogP contribution < -0.4 is 5.73 Å². The molecule has 0 radical (unpaired) electrons. The summed E-state index contributed by atoms with van der Waals surface area (Å²) >= 11 is 0. The molecule has 2 rings (SSSR count). The molecule has 0 aliphatic heterocycles. The minimum absolute atomic E-state index is 0.358. The molecule has 0 saturated heterocycles. The van der Waals surface area contributed by atoms with Crippen LogP contribution in [0.25, 0.3) is 11.3 Å². The second-order valence-corrected chi connectivity index (χ2v) is 3.22. The van der Waals surface area contributed by atoms with Gasteiger partial charge in [-0.15, -0.1) is 0 Å². The first-order valence-electron chi connectivity index (χ1n) is 4.51. The Morgan fingerprint density at radius 1 is 1.20 bits per heavy atom. The lowest BCUT2D eigenvalue weighted by Crippen LogP contribution is -1.97. The third-order valence-corrected chi connectivity index (χ3v) is 2.19. The molecule has 0 spiro atoms. The van der Waals surface area contributed by atoms with Crippen LogP contribution in [0.1, 0.15) is 5.69 Å². The molecule has 0 aliphatic carbocycles. The molecule has 0 aliphatic rings. The Labute approximate surface area is 86.8 Å².